The van der Waals surface area contributed by atoms with Crippen LogP contribution in [0.15, 0.2) is 0 Å². The van der Waals surface area contributed by atoms with Gasteiger partial charge in [0.2, 0.25) is 0 Å². The number of ether oxygens (including phenoxy) is 1. The molecule has 0 heterocycles. The SMILES string of the molecule is CCCCC(CCCC)OC(=O)CCCCO. The lowest BCUT2D eigenvalue weighted by molar-refractivity contribution is -0.150. The highest BCUT2D eigenvalue weighted by Crippen LogP contribution is 2.14. The van der Waals surface area contributed by atoms with E-state index in [0.717, 1.165) is 44.9 Å². The number of carbonyl (C=O) groups excluding carboxylic acids is 1. The van der Waals surface area contributed by atoms with Gasteiger partial charge < -0.3 is 9.84 Å². The third-order valence-corrected chi connectivity index (χ3v) is 2.85. The van der Waals surface area contributed by atoms with Gasteiger partial charge in [-0.05, 0) is 25.7 Å². The maximum atomic E-state index is 11.6. The molecule has 0 bridgehead atoms. The van der Waals surface area contributed by atoms with Gasteiger partial charge in [0.25, 0.3) is 0 Å². The second-order valence-electron chi connectivity index (χ2n) is 4.58. The molecule has 0 aromatic heterocycles. The number of hydrogen-bond acceptors (Lipinski definition) is 3. The van der Waals surface area contributed by atoms with Gasteiger partial charge in [-0.3, -0.25) is 4.79 Å². The average molecular weight is 244 g/mol. The van der Waals surface area contributed by atoms with E-state index in [0.29, 0.717) is 12.8 Å². The summed E-state index contributed by atoms with van der Waals surface area (Å²) in [5.41, 5.74) is 0. The number of esters is 1. The van der Waals surface area contributed by atoms with E-state index in [2.05, 4.69) is 13.8 Å². The molecule has 0 radical (unpaired) electrons. The van der Waals surface area contributed by atoms with Crippen LogP contribution in [0.2, 0.25) is 0 Å². The first-order valence-electron chi connectivity index (χ1n) is 7.04. The number of carbonyl (C=O) groups is 1. The highest BCUT2D eigenvalue weighted by molar-refractivity contribution is 5.69. The van der Waals surface area contributed by atoms with Gasteiger partial charge in [-0.2, -0.15) is 0 Å². The molecule has 0 saturated heterocycles. The van der Waals surface area contributed by atoms with E-state index in [1.54, 1.807) is 0 Å². The molecule has 0 unspecified atom stereocenters. The van der Waals surface area contributed by atoms with Gasteiger partial charge in [-0.25, -0.2) is 0 Å². The Labute approximate surface area is 106 Å². The largest absolute Gasteiger partial charge is 0.462 e. The quantitative estimate of drug-likeness (QED) is 0.447. The molecule has 1 N–H and O–H groups in total. The molecular weight excluding hydrogens is 216 g/mol. The fourth-order valence-corrected chi connectivity index (χ4v) is 1.75. The maximum absolute atomic E-state index is 11.6. The number of hydrogen-bond donors (Lipinski definition) is 1. The second kappa shape index (κ2) is 11.9. The summed E-state index contributed by atoms with van der Waals surface area (Å²) in [5, 5.41) is 8.64. The highest BCUT2D eigenvalue weighted by atomic mass is 16.5. The van der Waals surface area contributed by atoms with Gasteiger partial charge in [-0.15, -0.1) is 0 Å². The van der Waals surface area contributed by atoms with E-state index in [1.165, 1.54) is 0 Å². The van der Waals surface area contributed by atoms with Crippen molar-refractivity contribution < 1.29 is 14.6 Å². The Morgan fingerprint density at radius 3 is 2.12 bits per heavy atom. The molecule has 0 aliphatic heterocycles. The third-order valence-electron chi connectivity index (χ3n) is 2.85. The molecular formula is C14H28O3. The molecule has 0 aliphatic carbocycles. The van der Waals surface area contributed by atoms with Crippen LogP contribution in [-0.2, 0) is 9.53 Å². The Bertz CT molecular complexity index is 172. The Kier molecular flexibility index (Phi) is 11.5. The number of aliphatic hydroxyl groups excluding tert-OH is 1. The summed E-state index contributed by atoms with van der Waals surface area (Å²) >= 11 is 0. The van der Waals surface area contributed by atoms with E-state index >= 15 is 0 Å². The molecule has 0 saturated carbocycles. The fraction of sp³-hybridized carbons (Fsp3) is 0.929. The van der Waals surface area contributed by atoms with Gasteiger partial charge in [0.05, 0.1) is 0 Å². The predicted octanol–water partition coefficient (Wildman–Crippen LogP) is 3.44. The van der Waals surface area contributed by atoms with Crippen molar-refractivity contribution in [3.8, 4) is 0 Å². The number of unbranched alkanes of at least 4 members (excludes halogenated alkanes) is 3. The van der Waals surface area contributed by atoms with Crippen molar-refractivity contribution in [1.82, 2.24) is 0 Å². The summed E-state index contributed by atoms with van der Waals surface area (Å²) in [6, 6.07) is 0. The first-order chi connectivity index (χ1) is 8.24. The maximum Gasteiger partial charge on any atom is 0.306 e. The topological polar surface area (TPSA) is 46.5 Å². The Morgan fingerprint density at radius 1 is 1.06 bits per heavy atom. The zero-order valence-corrected chi connectivity index (χ0v) is 11.4. The molecule has 0 aromatic rings. The first-order valence-corrected chi connectivity index (χ1v) is 7.04. The summed E-state index contributed by atoms with van der Waals surface area (Å²) in [5.74, 6) is -0.101. The van der Waals surface area contributed by atoms with E-state index in [4.69, 9.17) is 9.84 Å². The van der Waals surface area contributed by atoms with Crippen molar-refractivity contribution in [2.75, 3.05) is 6.61 Å². The molecule has 0 rings (SSSR count). The molecule has 0 spiro atoms. The standard InChI is InChI=1S/C14H28O3/c1-3-5-9-13(10-6-4-2)17-14(16)11-7-8-12-15/h13,15H,3-12H2,1-2H3. The van der Waals surface area contributed by atoms with Crippen molar-refractivity contribution in [3.05, 3.63) is 0 Å². The molecule has 0 aromatic carbocycles. The number of rotatable bonds is 11. The molecule has 3 nitrogen and oxygen atoms in total. The summed E-state index contributed by atoms with van der Waals surface area (Å²) in [6.07, 6.45) is 8.47. The average Bonchev–Trinajstić information content (AvgIpc) is 2.33. The third kappa shape index (κ3) is 10.3. The van der Waals surface area contributed by atoms with Crippen LogP contribution < -0.4 is 0 Å². The smallest absolute Gasteiger partial charge is 0.306 e. The van der Waals surface area contributed by atoms with Crippen LogP contribution in [0.4, 0.5) is 0 Å². The molecule has 0 atom stereocenters. The van der Waals surface area contributed by atoms with Gasteiger partial charge >= 0.3 is 5.97 Å². The van der Waals surface area contributed by atoms with Crippen LogP contribution in [0.3, 0.4) is 0 Å². The van der Waals surface area contributed by atoms with Crippen LogP contribution >= 0.6 is 0 Å². The lowest BCUT2D eigenvalue weighted by Gasteiger charge is -2.17. The van der Waals surface area contributed by atoms with Crippen LogP contribution in [0.1, 0.15) is 71.6 Å². The Balaban J connectivity index is 3.81. The van der Waals surface area contributed by atoms with Crippen LogP contribution in [-0.4, -0.2) is 23.8 Å². The fourth-order valence-electron chi connectivity index (χ4n) is 1.75. The first kappa shape index (κ1) is 16.4. The molecule has 0 fully saturated rings. The lowest BCUT2D eigenvalue weighted by atomic mass is 10.1. The van der Waals surface area contributed by atoms with Crippen LogP contribution in [0.25, 0.3) is 0 Å². The van der Waals surface area contributed by atoms with Crippen molar-refractivity contribution in [2.24, 2.45) is 0 Å². The van der Waals surface area contributed by atoms with E-state index < -0.39 is 0 Å². The van der Waals surface area contributed by atoms with Gasteiger partial charge in [-0.1, -0.05) is 39.5 Å². The van der Waals surface area contributed by atoms with Crippen molar-refractivity contribution in [2.45, 2.75) is 77.7 Å². The van der Waals surface area contributed by atoms with Gasteiger partial charge in [0.1, 0.15) is 6.10 Å². The van der Waals surface area contributed by atoms with Crippen molar-refractivity contribution in [3.63, 3.8) is 0 Å². The zero-order chi connectivity index (χ0) is 12.9. The van der Waals surface area contributed by atoms with E-state index in [1.807, 2.05) is 0 Å². The monoisotopic (exact) mass is 244 g/mol. The molecule has 17 heavy (non-hydrogen) atoms. The minimum Gasteiger partial charge on any atom is -0.462 e. The summed E-state index contributed by atoms with van der Waals surface area (Å²) in [4.78, 5) is 11.6. The highest BCUT2D eigenvalue weighted by Gasteiger charge is 2.13. The minimum absolute atomic E-state index is 0.101. The molecule has 0 amide bonds. The zero-order valence-electron chi connectivity index (χ0n) is 11.4. The summed E-state index contributed by atoms with van der Waals surface area (Å²) < 4.78 is 5.48. The van der Waals surface area contributed by atoms with E-state index in [9.17, 15) is 4.79 Å². The summed E-state index contributed by atoms with van der Waals surface area (Å²) in [6.45, 7) is 4.46. The van der Waals surface area contributed by atoms with Crippen molar-refractivity contribution in [1.29, 1.82) is 0 Å². The Morgan fingerprint density at radius 2 is 1.65 bits per heavy atom. The molecule has 102 valence electrons. The van der Waals surface area contributed by atoms with E-state index in [-0.39, 0.29) is 18.7 Å². The normalized spacial score (nSPS) is 10.8. The second-order valence-corrected chi connectivity index (χ2v) is 4.58. The Hall–Kier alpha value is -0.570. The van der Waals surface area contributed by atoms with Crippen molar-refractivity contribution >= 4 is 5.97 Å². The minimum atomic E-state index is -0.101. The molecule has 3 heteroatoms. The van der Waals surface area contributed by atoms with Crippen LogP contribution in [0.5, 0.6) is 0 Å². The van der Waals surface area contributed by atoms with Crippen LogP contribution in [0, 0.1) is 0 Å². The lowest BCUT2D eigenvalue weighted by Crippen LogP contribution is -2.18. The molecule has 0 aliphatic rings. The number of aliphatic hydroxyl groups is 1. The van der Waals surface area contributed by atoms with Gasteiger partial charge in [0.15, 0.2) is 0 Å². The predicted molar refractivity (Wildman–Crippen MR) is 69.9 cm³/mol. The van der Waals surface area contributed by atoms with Gasteiger partial charge in [0, 0.05) is 13.0 Å². The summed E-state index contributed by atoms with van der Waals surface area (Å²) in [7, 11) is 0.